The van der Waals surface area contributed by atoms with Gasteiger partial charge in [0.2, 0.25) is 5.91 Å². The third-order valence-electron chi connectivity index (χ3n) is 17.6. The van der Waals surface area contributed by atoms with Gasteiger partial charge in [0.25, 0.3) is 12.3 Å². The molecule has 1 spiro atoms. The number of halogens is 3. The predicted octanol–water partition coefficient (Wildman–Crippen LogP) is 9.65. The molecule has 3 aliphatic heterocycles. The van der Waals surface area contributed by atoms with Gasteiger partial charge in [0.1, 0.15) is 18.0 Å². The minimum Gasteiger partial charge on any atom is -0.489 e. The Kier molecular flexibility index (Phi) is 12.8. The van der Waals surface area contributed by atoms with E-state index in [1.54, 1.807) is 61.6 Å². The van der Waals surface area contributed by atoms with Crippen LogP contribution >= 0.6 is 11.6 Å². The Hall–Kier alpha value is -5.81. The summed E-state index contributed by atoms with van der Waals surface area (Å²) >= 11 is 6.25. The van der Waals surface area contributed by atoms with E-state index in [0.717, 1.165) is 87.1 Å². The summed E-state index contributed by atoms with van der Waals surface area (Å²) in [6, 6.07) is 9.77. The van der Waals surface area contributed by atoms with Crippen molar-refractivity contribution in [1.82, 2.24) is 44.6 Å². The van der Waals surface area contributed by atoms with Gasteiger partial charge in [-0.15, -0.1) is 0 Å². The number of piperidine rings is 1. The van der Waals surface area contributed by atoms with Crippen LogP contribution in [0.3, 0.4) is 0 Å². The zero-order valence-corrected chi connectivity index (χ0v) is 43.6. The number of rotatable bonds is 11. The maximum Gasteiger partial charge on any atom is 0.316 e. The number of benzene rings is 2. The second-order valence-electron chi connectivity index (χ2n) is 23.0. The SMILES string of the molecule is CC(=O)N1CCc2c(c(N3CCCc4cc(-c5cnn(C)c5)c(C(F)F)cc43)nn2C2CCN(C3CCC4(CC3)CC(Oc3ncc(C(=O)NC5C(C)(C)C(Oc6ccc(N)c(Cl)c6)C5(C)C)cn3)C4)CC2)C1. The summed E-state index contributed by atoms with van der Waals surface area (Å²) in [6.07, 6.45) is 14.7. The number of nitrogen functional groups attached to an aromatic ring is 1. The second kappa shape index (κ2) is 18.8. The molecule has 73 heavy (non-hydrogen) atoms. The fraction of sp³-hybridized carbons (Fsp3) is 0.564. The van der Waals surface area contributed by atoms with Crippen LogP contribution in [-0.4, -0.2) is 102 Å². The van der Waals surface area contributed by atoms with Gasteiger partial charge < -0.3 is 35.2 Å². The second-order valence-corrected chi connectivity index (χ2v) is 23.4. The molecule has 388 valence electrons. The molecule has 11 rings (SSSR count). The molecule has 15 nitrogen and oxygen atoms in total. The van der Waals surface area contributed by atoms with Crippen LogP contribution in [0, 0.1) is 16.2 Å². The number of fused-ring (bicyclic) bond motifs is 2. The number of aryl methyl sites for hydroxylation is 2. The van der Waals surface area contributed by atoms with Crippen LogP contribution in [0.15, 0.2) is 55.1 Å². The summed E-state index contributed by atoms with van der Waals surface area (Å²) in [5.74, 6) is 1.23. The normalized spacial score (nSPS) is 25.7. The van der Waals surface area contributed by atoms with Gasteiger partial charge >= 0.3 is 6.01 Å². The Labute approximate surface area is 431 Å². The predicted molar refractivity (Wildman–Crippen MR) is 275 cm³/mol. The van der Waals surface area contributed by atoms with Gasteiger partial charge in [-0.2, -0.15) is 10.2 Å². The number of nitrogens with zero attached hydrogens (tertiary/aromatic N) is 9. The smallest absolute Gasteiger partial charge is 0.316 e. The number of ether oxygens (including phenoxy) is 2. The third-order valence-corrected chi connectivity index (χ3v) is 17.9. The number of carbonyl (C=O) groups is 2. The van der Waals surface area contributed by atoms with Gasteiger partial charge in [-0.25, -0.2) is 18.7 Å². The molecule has 2 aromatic carbocycles. The van der Waals surface area contributed by atoms with E-state index in [9.17, 15) is 18.4 Å². The Balaban J connectivity index is 0.682. The molecule has 3 N–H and O–H groups in total. The van der Waals surface area contributed by atoms with Crippen molar-refractivity contribution >= 4 is 40.6 Å². The molecule has 1 saturated heterocycles. The highest BCUT2D eigenvalue weighted by atomic mass is 35.5. The van der Waals surface area contributed by atoms with E-state index in [2.05, 4.69) is 62.6 Å². The summed E-state index contributed by atoms with van der Waals surface area (Å²) in [4.78, 5) is 41.9. The van der Waals surface area contributed by atoms with Crippen LogP contribution in [0.4, 0.5) is 26.0 Å². The number of alkyl halides is 2. The minimum absolute atomic E-state index is 0.00780. The van der Waals surface area contributed by atoms with Gasteiger partial charge in [0.05, 0.1) is 35.1 Å². The number of likely N-dealkylation sites (tertiary alicyclic amines) is 1. The first-order chi connectivity index (χ1) is 34.9. The first kappa shape index (κ1) is 49.4. The van der Waals surface area contributed by atoms with Gasteiger partial charge in [0, 0.05) is 122 Å². The number of amides is 2. The molecular formula is C55H68ClF2N11O4. The lowest BCUT2D eigenvalue weighted by molar-refractivity contribution is -0.164. The molecule has 6 heterocycles. The molecule has 5 aromatic rings. The van der Waals surface area contributed by atoms with E-state index in [4.69, 9.17) is 31.9 Å². The highest BCUT2D eigenvalue weighted by molar-refractivity contribution is 6.33. The molecule has 3 saturated carbocycles. The number of nitrogens with one attached hydrogen (secondary N) is 1. The molecule has 2 amide bonds. The number of hydrogen-bond acceptors (Lipinski definition) is 11. The van der Waals surface area contributed by atoms with Crippen LogP contribution in [0.2, 0.25) is 5.02 Å². The molecular weight excluding hydrogens is 952 g/mol. The molecule has 0 bridgehead atoms. The maximum absolute atomic E-state index is 14.8. The Bertz CT molecular complexity index is 2880. The zero-order chi connectivity index (χ0) is 51.1. The maximum atomic E-state index is 14.8. The summed E-state index contributed by atoms with van der Waals surface area (Å²) in [6.45, 7) is 13.7. The molecule has 18 heteroatoms. The highest BCUT2D eigenvalue weighted by Crippen LogP contribution is 2.56. The van der Waals surface area contributed by atoms with Crippen molar-refractivity contribution in [2.24, 2.45) is 23.3 Å². The fourth-order valence-corrected chi connectivity index (χ4v) is 14.1. The van der Waals surface area contributed by atoms with Gasteiger partial charge in [-0.1, -0.05) is 39.3 Å². The zero-order valence-electron chi connectivity index (χ0n) is 42.8. The number of carbonyl (C=O) groups excluding carboxylic acids is 2. The van der Waals surface area contributed by atoms with E-state index < -0.39 is 6.43 Å². The Morgan fingerprint density at radius 2 is 1.63 bits per heavy atom. The number of hydrogen-bond donors (Lipinski definition) is 2. The van der Waals surface area contributed by atoms with E-state index in [-0.39, 0.29) is 57.9 Å². The van der Waals surface area contributed by atoms with Crippen LogP contribution in [0.1, 0.15) is 138 Å². The van der Waals surface area contributed by atoms with E-state index >= 15 is 0 Å². The van der Waals surface area contributed by atoms with Crippen LogP contribution in [-0.2, 0) is 31.2 Å². The van der Waals surface area contributed by atoms with Crippen molar-refractivity contribution in [3.63, 3.8) is 0 Å². The minimum atomic E-state index is -2.66. The average molecular weight is 1020 g/mol. The Morgan fingerprint density at radius 3 is 2.29 bits per heavy atom. The van der Waals surface area contributed by atoms with Crippen molar-refractivity contribution in [3.05, 3.63) is 88.1 Å². The molecule has 0 radical (unpaired) electrons. The van der Waals surface area contributed by atoms with Crippen molar-refractivity contribution in [2.45, 2.75) is 149 Å². The standard InChI is InChI=1S/C55H68ClF2N11O4/c1-32(70)67-21-15-45-42(31-67)48(68-18-7-8-33-22-40(35-29-62-65(6)30-35)41(47(57)58)24-46(33)68)64-69(45)37-13-19-66(20-14-37)36-11-16-55(17-12-36)25-39(26-55)73-52-60-27-34(28-61-52)49(71)63-50-53(2,3)51(54(50,4)5)72-38-9-10-44(59)43(56)23-38/h9-10,22-24,27-30,36-37,39,47,50-51H,7-8,11-21,25-26,31,59H2,1-6H3,(H,63,71). The molecule has 3 aliphatic carbocycles. The number of aromatic nitrogens is 6. The molecule has 0 atom stereocenters. The summed E-state index contributed by atoms with van der Waals surface area (Å²) < 4.78 is 46.2. The van der Waals surface area contributed by atoms with Crippen LogP contribution in [0.5, 0.6) is 11.8 Å². The van der Waals surface area contributed by atoms with Gasteiger partial charge in [-0.05, 0) is 105 Å². The van der Waals surface area contributed by atoms with E-state index in [1.807, 2.05) is 17.0 Å². The number of nitrogens with two attached hydrogens (primary N) is 1. The first-order valence-electron chi connectivity index (χ1n) is 26.2. The molecule has 3 aromatic heterocycles. The van der Waals surface area contributed by atoms with Crippen molar-refractivity contribution < 1.29 is 27.8 Å². The summed E-state index contributed by atoms with van der Waals surface area (Å²) in [7, 11) is 1.79. The van der Waals surface area contributed by atoms with Crippen molar-refractivity contribution in [2.75, 3.05) is 36.8 Å². The van der Waals surface area contributed by atoms with Crippen molar-refractivity contribution in [3.8, 4) is 22.9 Å². The molecule has 0 unspecified atom stereocenters. The highest BCUT2D eigenvalue weighted by Gasteiger charge is 2.64. The largest absolute Gasteiger partial charge is 0.489 e. The lowest BCUT2D eigenvalue weighted by Gasteiger charge is -2.63. The van der Waals surface area contributed by atoms with Gasteiger partial charge in [-0.3, -0.25) is 19.0 Å². The summed E-state index contributed by atoms with van der Waals surface area (Å²) in [5, 5.41) is 13.3. The van der Waals surface area contributed by atoms with Crippen LogP contribution in [0.25, 0.3) is 11.1 Å². The summed E-state index contributed by atoms with van der Waals surface area (Å²) in [5.41, 5.74) is 11.5. The van der Waals surface area contributed by atoms with E-state index in [1.165, 1.54) is 18.5 Å². The fourth-order valence-electron chi connectivity index (χ4n) is 13.9. The number of anilines is 3. The quantitative estimate of drug-likeness (QED) is 0.121. The lowest BCUT2D eigenvalue weighted by atomic mass is 9.49. The van der Waals surface area contributed by atoms with E-state index in [0.29, 0.717) is 71.3 Å². The third kappa shape index (κ3) is 9.09. The first-order valence-corrected chi connectivity index (χ1v) is 26.6. The van der Waals surface area contributed by atoms with Crippen LogP contribution < -0.4 is 25.4 Å². The lowest BCUT2D eigenvalue weighted by Crippen LogP contribution is -2.74. The molecule has 6 aliphatic rings. The topological polar surface area (TPSA) is 162 Å². The van der Waals surface area contributed by atoms with Gasteiger partial charge in [0.15, 0.2) is 5.82 Å². The Morgan fingerprint density at radius 1 is 0.904 bits per heavy atom. The molecule has 4 fully saturated rings. The monoisotopic (exact) mass is 1020 g/mol. The average Bonchev–Trinajstić information content (AvgIpc) is 3.98. The van der Waals surface area contributed by atoms with Crippen molar-refractivity contribution in [1.29, 1.82) is 0 Å².